The smallest absolute Gasteiger partial charge is 0.356 e. The number of imidazole rings is 1. The highest BCUT2D eigenvalue weighted by atomic mass is 15.1. The van der Waals surface area contributed by atoms with Crippen molar-refractivity contribution in [3.8, 4) is 11.4 Å². The molecule has 1 unspecified atom stereocenters. The Morgan fingerprint density at radius 1 is 1.32 bits per heavy atom. The summed E-state index contributed by atoms with van der Waals surface area (Å²) < 4.78 is 6.59. The number of hydrogen-bond acceptors (Lipinski definition) is 5. The molecule has 1 atom stereocenters. The number of aromatic nitrogens is 5. The lowest BCUT2D eigenvalue weighted by molar-refractivity contribution is 0.782. The van der Waals surface area contributed by atoms with Crippen LogP contribution in [0.1, 0.15) is 31.5 Å². The van der Waals surface area contributed by atoms with E-state index in [9.17, 15) is 0 Å². The molecule has 0 aliphatic carbocycles. The number of H-pyrrole nitrogens is 1. The molecule has 4 N–H and O–H groups in total. The Bertz CT molecular complexity index is 1270. The van der Waals surface area contributed by atoms with Crippen molar-refractivity contribution in [1.82, 2.24) is 29.2 Å². The molecule has 28 heavy (non-hydrogen) atoms. The Morgan fingerprint density at radius 3 is 2.96 bits per heavy atom. The minimum Gasteiger partial charge on any atom is -0.371 e. The fraction of sp³-hybridized carbons (Fsp3) is 0.250. The van der Waals surface area contributed by atoms with Crippen molar-refractivity contribution >= 4 is 39.9 Å². The molecule has 5 rings (SSSR count). The van der Waals surface area contributed by atoms with Gasteiger partial charge in [-0.05, 0) is 25.1 Å². The second-order valence-corrected chi connectivity index (χ2v) is 6.97. The van der Waals surface area contributed by atoms with Gasteiger partial charge in [0.15, 0.2) is 29.4 Å². The quantitative estimate of drug-likeness (QED) is 0.477. The van der Waals surface area contributed by atoms with E-state index in [2.05, 4.69) is 30.6 Å². The zero-order valence-corrected chi connectivity index (χ0v) is 15.8. The van der Waals surface area contributed by atoms with Crippen LogP contribution in [0.4, 0.5) is 5.82 Å². The molecule has 0 spiro atoms. The van der Waals surface area contributed by atoms with E-state index in [1.807, 2.05) is 44.7 Å². The van der Waals surface area contributed by atoms with E-state index in [-0.39, 0.29) is 6.04 Å². The summed E-state index contributed by atoms with van der Waals surface area (Å²) in [6.45, 7) is 1.93. The van der Waals surface area contributed by atoms with E-state index in [0.717, 1.165) is 63.6 Å². The van der Waals surface area contributed by atoms with Crippen LogP contribution in [-0.4, -0.2) is 43.6 Å². The average molecular weight is 373 g/mol. The molecule has 0 amide bonds. The Kier molecular flexibility index (Phi) is 3.75. The minimum atomic E-state index is -0.122. The molecule has 8 heteroatoms. The van der Waals surface area contributed by atoms with Gasteiger partial charge in [0.05, 0.1) is 28.9 Å². The van der Waals surface area contributed by atoms with E-state index in [4.69, 9.17) is 15.7 Å². The molecule has 4 aromatic rings. The van der Waals surface area contributed by atoms with Crippen molar-refractivity contribution in [2.24, 2.45) is 5.73 Å². The third kappa shape index (κ3) is 2.51. The summed E-state index contributed by atoms with van der Waals surface area (Å²) in [5, 5.41) is 4.14. The average Bonchev–Trinajstić information content (AvgIpc) is 3.44. The van der Waals surface area contributed by atoms with Crippen LogP contribution in [0.25, 0.3) is 33.5 Å². The van der Waals surface area contributed by atoms with Crippen LogP contribution < -0.4 is 15.7 Å². The predicted octanol–water partition coefficient (Wildman–Crippen LogP) is 2.21. The van der Waals surface area contributed by atoms with Gasteiger partial charge in [-0.3, -0.25) is 0 Å². The van der Waals surface area contributed by atoms with Crippen LogP contribution >= 0.6 is 0 Å². The highest BCUT2D eigenvalue weighted by Gasteiger charge is 2.25. The lowest BCUT2D eigenvalue weighted by atomic mass is 10.2. The van der Waals surface area contributed by atoms with Gasteiger partial charge in [0.1, 0.15) is 5.65 Å². The first-order valence-corrected chi connectivity index (χ1v) is 9.35. The molecule has 1 aliphatic rings. The highest BCUT2D eigenvalue weighted by molar-refractivity contribution is 6.11. The maximum Gasteiger partial charge on any atom is 0.356 e. The van der Waals surface area contributed by atoms with E-state index >= 15 is 0 Å². The molecule has 0 bridgehead atoms. The van der Waals surface area contributed by atoms with Crippen LogP contribution in [0, 0.1) is 0 Å². The zero-order valence-electron chi connectivity index (χ0n) is 15.8. The summed E-state index contributed by atoms with van der Waals surface area (Å²) in [5.41, 5.74) is 11.2. The number of rotatable bonds is 3. The molecular formula is C20H21N8+. The first-order valence-electron chi connectivity index (χ1n) is 9.35. The number of nitrogens with two attached hydrogens (primary N) is 1. The number of anilines is 1. The maximum atomic E-state index is 6.00. The van der Waals surface area contributed by atoms with Gasteiger partial charge in [-0.1, -0.05) is 6.07 Å². The van der Waals surface area contributed by atoms with Gasteiger partial charge in [0, 0.05) is 19.5 Å². The Labute approximate surface area is 161 Å². The topological polar surface area (TPSA) is 112 Å². The third-order valence-electron chi connectivity index (χ3n) is 5.03. The molecule has 0 saturated heterocycles. The van der Waals surface area contributed by atoms with E-state index in [0.29, 0.717) is 0 Å². The standard InChI is InChI=1S/C20H21N8/c1-11(21)13-5-3-6-14(25-13)15-9-12-18-17(20(22-2)27-19(12)26-15)24-10-28(18)16-7-4-8-23-16/h3,5-6,8-11H,4,7,21H2,1-2H3,(H2,22,26,27)/q+1. The van der Waals surface area contributed by atoms with Crippen molar-refractivity contribution in [2.75, 3.05) is 12.4 Å². The highest BCUT2D eigenvalue weighted by Crippen LogP contribution is 2.32. The molecule has 4 aromatic heterocycles. The lowest BCUT2D eigenvalue weighted by Crippen LogP contribution is -2.10. The van der Waals surface area contributed by atoms with Gasteiger partial charge in [-0.15, -0.1) is 0 Å². The van der Waals surface area contributed by atoms with E-state index < -0.39 is 0 Å². The molecule has 0 aromatic carbocycles. The second-order valence-electron chi connectivity index (χ2n) is 6.97. The van der Waals surface area contributed by atoms with Crippen molar-refractivity contribution in [1.29, 1.82) is 0 Å². The van der Waals surface area contributed by atoms with Gasteiger partial charge in [-0.25, -0.2) is 19.6 Å². The summed E-state index contributed by atoms with van der Waals surface area (Å²) in [7, 11) is 1.85. The number of fused-ring (bicyclic) bond motifs is 3. The van der Waals surface area contributed by atoms with Crippen molar-refractivity contribution in [3.63, 3.8) is 0 Å². The summed E-state index contributed by atoms with van der Waals surface area (Å²) >= 11 is 0. The largest absolute Gasteiger partial charge is 0.371 e. The maximum absolute atomic E-state index is 6.00. The summed E-state index contributed by atoms with van der Waals surface area (Å²) in [6, 6.07) is 7.84. The Hall–Kier alpha value is -3.48. The van der Waals surface area contributed by atoms with Gasteiger partial charge in [0.2, 0.25) is 0 Å². The second kappa shape index (κ2) is 6.30. The van der Waals surface area contributed by atoms with Gasteiger partial charge < -0.3 is 16.0 Å². The van der Waals surface area contributed by atoms with Crippen molar-refractivity contribution < 1.29 is 0 Å². The lowest BCUT2D eigenvalue weighted by Gasteiger charge is -2.05. The molecule has 0 saturated carbocycles. The number of pyridine rings is 2. The predicted molar refractivity (Wildman–Crippen MR) is 113 cm³/mol. The van der Waals surface area contributed by atoms with Gasteiger partial charge in [-0.2, -0.15) is 4.57 Å². The van der Waals surface area contributed by atoms with Gasteiger partial charge in [0.25, 0.3) is 0 Å². The molecule has 0 radical (unpaired) electrons. The van der Waals surface area contributed by atoms with Crippen LogP contribution in [0.15, 0.2) is 30.6 Å². The molecule has 1 aliphatic heterocycles. The van der Waals surface area contributed by atoms with Crippen LogP contribution in [0.5, 0.6) is 0 Å². The van der Waals surface area contributed by atoms with Crippen molar-refractivity contribution in [3.05, 3.63) is 36.3 Å². The SMILES string of the molecule is CNc1nc2[nH]c(-c3cccc(C(C)N)n3)cc2c2c1ncn2C1=[N+]=CCC1. The van der Waals surface area contributed by atoms with Crippen LogP contribution in [0.2, 0.25) is 0 Å². The van der Waals surface area contributed by atoms with E-state index in [1.54, 1.807) is 0 Å². The number of aromatic amines is 1. The summed E-state index contributed by atoms with van der Waals surface area (Å²) in [6.07, 6.45) is 5.63. The molecular weight excluding hydrogens is 352 g/mol. The summed E-state index contributed by atoms with van der Waals surface area (Å²) in [4.78, 5) is 17.4. The normalized spacial score (nSPS) is 14.8. The Balaban J connectivity index is 1.77. The summed E-state index contributed by atoms with van der Waals surface area (Å²) in [5.74, 6) is 1.73. The fourth-order valence-electron chi connectivity index (χ4n) is 3.63. The zero-order chi connectivity index (χ0) is 19.3. The minimum absolute atomic E-state index is 0.122. The van der Waals surface area contributed by atoms with Crippen LogP contribution in [-0.2, 0) is 0 Å². The monoisotopic (exact) mass is 373 g/mol. The number of nitrogens with one attached hydrogen (secondary N) is 2. The van der Waals surface area contributed by atoms with E-state index in [1.165, 1.54) is 0 Å². The van der Waals surface area contributed by atoms with Crippen LogP contribution in [0.3, 0.4) is 0 Å². The van der Waals surface area contributed by atoms with Gasteiger partial charge >= 0.3 is 5.84 Å². The third-order valence-corrected chi connectivity index (χ3v) is 5.03. The molecule has 0 fully saturated rings. The molecule has 140 valence electrons. The molecule has 5 heterocycles. The fourth-order valence-corrected chi connectivity index (χ4v) is 3.63. The number of nitrogens with zero attached hydrogens (tertiary/aromatic N) is 5. The molecule has 8 nitrogen and oxygen atoms in total. The first-order chi connectivity index (χ1) is 13.7. The first kappa shape index (κ1) is 16.7. The van der Waals surface area contributed by atoms with Crippen molar-refractivity contribution in [2.45, 2.75) is 25.8 Å². The number of hydrogen-bond donors (Lipinski definition) is 3. The Morgan fingerprint density at radius 2 is 2.21 bits per heavy atom.